The van der Waals surface area contributed by atoms with Crippen molar-refractivity contribution in [1.29, 1.82) is 0 Å². The largest absolute Gasteiger partial charge is 0.496 e. The predicted molar refractivity (Wildman–Crippen MR) is 89.0 cm³/mol. The first kappa shape index (κ1) is 19.6. The third-order valence-electron chi connectivity index (χ3n) is 2.20. The molecule has 1 rings (SSSR count). The molecular weight excluding hydrogens is 234 g/mol. The topological polar surface area (TPSA) is 21.3 Å². The Hall–Kier alpha value is -1.70. The summed E-state index contributed by atoms with van der Waals surface area (Å²) in [5.41, 5.74) is 4.04. The average molecular weight is 263 g/mol. The molecule has 0 saturated heterocycles. The monoisotopic (exact) mass is 263 g/mol. The Labute approximate surface area is 119 Å². The SMILES string of the molecule is C=Cc1cc(NC(=C)C)cc(OC)c1C.CC.CC. The van der Waals surface area contributed by atoms with Crippen molar-refractivity contribution in [3.05, 3.63) is 42.1 Å². The molecule has 0 aliphatic rings. The summed E-state index contributed by atoms with van der Waals surface area (Å²) in [4.78, 5) is 0. The first-order valence-electron chi connectivity index (χ1n) is 6.82. The van der Waals surface area contributed by atoms with Crippen molar-refractivity contribution in [2.45, 2.75) is 41.5 Å². The summed E-state index contributed by atoms with van der Waals surface area (Å²) in [5.74, 6) is 0.858. The number of hydrogen-bond donors (Lipinski definition) is 1. The first-order chi connectivity index (χ1) is 9.08. The highest BCUT2D eigenvalue weighted by molar-refractivity contribution is 5.65. The van der Waals surface area contributed by atoms with E-state index in [-0.39, 0.29) is 0 Å². The predicted octanol–water partition coefficient (Wildman–Crippen LogP) is 5.64. The van der Waals surface area contributed by atoms with Crippen LogP contribution in [-0.2, 0) is 0 Å². The van der Waals surface area contributed by atoms with E-state index in [4.69, 9.17) is 4.74 Å². The van der Waals surface area contributed by atoms with Gasteiger partial charge in [-0.3, -0.25) is 0 Å². The van der Waals surface area contributed by atoms with Crippen LogP contribution < -0.4 is 10.1 Å². The zero-order valence-electron chi connectivity index (χ0n) is 13.6. The number of allylic oxidation sites excluding steroid dienone is 1. The molecule has 0 fully saturated rings. The van der Waals surface area contributed by atoms with Gasteiger partial charge in [-0.2, -0.15) is 0 Å². The van der Waals surface area contributed by atoms with Gasteiger partial charge in [0.2, 0.25) is 0 Å². The molecule has 0 heterocycles. The third kappa shape index (κ3) is 6.70. The highest BCUT2D eigenvalue weighted by Crippen LogP contribution is 2.27. The van der Waals surface area contributed by atoms with Crippen molar-refractivity contribution >= 4 is 11.8 Å². The van der Waals surface area contributed by atoms with Gasteiger partial charge in [-0.1, -0.05) is 46.9 Å². The second-order valence-electron chi connectivity index (χ2n) is 3.50. The number of nitrogens with one attached hydrogen (secondary N) is 1. The van der Waals surface area contributed by atoms with Gasteiger partial charge in [0.05, 0.1) is 7.11 Å². The molecule has 0 spiro atoms. The molecule has 1 aromatic rings. The lowest BCUT2D eigenvalue weighted by atomic mass is 10.1. The number of anilines is 1. The van der Waals surface area contributed by atoms with Crippen LogP contribution in [0.25, 0.3) is 6.08 Å². The van der Waals surface area contributed by atoms with Gasteiger partial charge in [-0.05, 0) is 31.0 Å². The summed E-state index contributed by atoms with van der Waals surface area (Å²) in [7, 11) is 1.67. The standard InChI is InChI=1S/C13H17NO.2C2H6/c1-6-11-7-12(14-9(2)3)8-13(15-5)10(11)4;2*1-2/h6-8,14H,1-2H2,3-5H3;2*1-2H3. The maximum Gasteiger partial charge on any atom is 0.124 e. The zero-order chi connectivity index (χ0) is 15.4. The number of benzene rings is 1. The van der Waals surface area contributed by atoms with Crippen molar-refractivity contribution < 1.29 is 4.74 Å². The van der Waals surface area contributed by atoms with Crippen molar-refractivity contribution in [2.75, 3.05) is 12.4 Å². The van der Waals surface area contributed by atoms with E-state index in [9.17, 15) is 0 Å². The summed E-state index contributed by atoms with van der Waals surface area (Å²) in [6.45, 7) is 19.5. The Morgan fingerprint density at radius 1 is 1.21 bits per heavy atom. The Kier molecular flexibility index (Phi) is 11.8. The van der Waals surface area contributed by atoms with Gasteiger partial charge in [0.15, 0.2) is 0 Å². The quantitative estimate of drug-likeness (QED) is 0.758. The molecule has 0 amide bonds. The minimum atomic E-state index is 0.858. The molecule has 1 N–H and O–H groups in total. The molecule has 0 saturated carbocycles. The van der Waals surface area contributed by atoms with E-state index in [1.54, 1.807) is 7.11 Å². The highest BCUT2D eigenvalue weighted by Gasteiger charge is 2.05. The Balaban J connectivity index is 0. The van der Waals surface area contributed by atoms with Gasteiger partial charge in [0.25, 0.3) is 0 Å². The molecule has 19 heavy (non-hydrogen) atoms. The lowest BCUT2D eigenvalue weighted by Crippen LogP contribution is -1.97. The molecule has 0 aliphatic heterocycles. The Morgan fingerprint density at radius 2 is 1.74 bits per heavy atom. The van der Waals surface area contributed by atoms with Crippen LogP contribution >= 0.6 is 0 Å². The maximum atomic E-state index is 5.29. The molecule has 0 bridgehead atoms. The minimum Gasteiger partial charge on any atom is -0.496 e. The van der Waals surface area contributed by atoms with Crippen LogP contribution in [0.4, 0.5) is 5.69 Å². The lowest BCUT2D eigenvalue weighted by Gasteiger charge is -2.12. The van der Waals surface area contributed by atoms with E-state index in [1.165, 1.54) is 0 Å². The van der Waals surface area contributed by atoms with Crippen molar-refractivity contribution in [3.8, 4) is 5.75 Å². The van der Waals surface area contributed by atoms with Crippen molar-refractivity contribution in [3.63, 3.8) is 0 Å². The summed E-state index contributed by atoms with van der Waals surface area (Å²) in [6, 6.07) is 3.98. The molecule has 1 aromatic carbocycles. The summed E-state index contributed by atoms with van der Waals surface area (Å²) >= 11 is 0. The van der Waals surface area contributed by atoms with Gasteiger partial charge < -0.3 is 10.1 Å². The second-order valence-corrected chi connectivity index (χ2v) is 3.50. The van der Waals surface area contributed by atoms with Gasteiger partial charge in [-0.15, -0.1) is 0 Å². The van der Waals surface area contributed by atoms with E-state index in [1.807, 2.05) is 59.8 Å². The van der Waals surface area contributed by atoms with Crippen molar-refractivity contribution in [1.82, 2.24) is 0 Å². The normalized spacial score (nSPS) is 8.16. The minimum absolute atomic E-state index is 0.858. The van der Waals surface area contributed by atoms with Crippen molar-refractivity contribution in [2.24, 2.45) is 0 Å². The van der Waals surface area contributed by atoms with Crippen LogP contribution in [0.3, 0.4) is 0 Å². The number of ether oxygens (including phenoxy) is 1. The second kappa shape index (κ2) is 11.4. The third-order valence-corrected chi connectivity index (χ3v) is 2.20. The fraction of sp³-hybridized carbons (Fsp3) is 0.412. The van der Waals surface area contributed by atoms with Gasteiger partial charge in [0, 0.05) is 17.5 Å². The van der Waals surface area contributed by atoms with Crippen LogP contribution in [0, 0.1) is 6.92 Å². The fourth-order valence-electron chi connectivity index (χ4n) is 1.45. The van der Waals surface area contributed by atoms with E-state index in [0.29, 0.717) is 0 Å². The van der Waals surface area contributed by atoms with Crippen LogP contribution in [0.15, 0.2) is 31.0 Å². The van der Waals surface area contributed by atoms with E-state index in [0.717, 1.165) is 28.3 Å². The summed E-state index contributed by atoms with van der Waals surface area (Å²) in [5, 5.41) is 3.16. The average Bonchev–Trinajstić information content (AvgIpc) is 2.44. The first-order valence-corrected chi connectivity index (χ1v) is 6.82. The molecule has 108 valence electrons. The molecule has 0 atom stereocenters. The van der Waals surface area contributed by atoms with E-state index in [2.05, 4.69) is 18.5 Å². The van der Waals surface area contributed by atoms with Crippen LogP contribution in [0.2, 0.25) is 0 Å². The maximum absolute atomic E-state index is 5.29. The Morgan fingerprint density at radius 3 is 2.11 bits per heavy atom. The zero-order valence-corrected chi connectivity index (χ0v) is 13.6. The summed E-state index contributed by atoms with van der Waals surface area (Å²) in [6.07, 6.45) is 1.82. The van der Waals surface area contributed by atoms with Crippen LogP contribution in [0.1, 0.15) is 45.7 Å². The van der Waals surface area contributed by atoms with Gasteiger partial charge in [0.1, 0.15) is 5.75 Å². The lowest BCUT2D eigenvalue weighted by molar-refractivity contribution is 0.412. The number of hydrogen-bond acceptors (Lipinski definition) is 2. The molecular formula is C17H29NO. The van der Waals surface area contributed by atoms with Crippen LogP contribution in [0.5, 0.6) is 5.75 Å². The Bertz CT molecular complexity index is 394. The molecule has 2 heteroatoms. The molecule has 0 radical (unpaired) electrons. The smallest absolute Gasteiger partial charge is 0.124 e. The fourth-order valence-corrected chi connectivity index (χ4v) is 1.45. The van der Waals surface area contributed by atoms with Gasteiger partial charge in [-0.25, -0.2) is 0 Å². The molecule has 0 aliphatic carbocycles. The van der Waals surface area contributed by atoms with Gasteiger partial charge >= 0.3 is 0 Å². The molecule has 2 nitrogen and oxygen atoms in total. The van der Waals surface area contributed by atoms with E-state index >= 15 is 0 Å². The highest BCUT2D eigenvalue weighted by atomic mass is 16.5. The molecule has 0 aromatic heterocycles. The summed E-state index contributed by atoms with van der Waals surface area (Å²) < 4.78 is 5.29. The number of rotatable bonds is 4. The molecule has 0 unspecified atom stereocenters. The van der Waals surface area contributed by atoms with Crippen LogP contribution in [-0.4, -0.2) is 7.11 Å². The van der Waals surface area contributed by atoms with E-state index < -0.39 is 0 Å². The number of methoxy groups -OCH3 is 1.